The van der Waals surface area contributed by atoms with E-state index in [4.69, 9.17) is 11.6 Å². The van der Waals surface area contributed by atoms with Crippen LogP contribution in [0, 0.1) is 11.3 Å². The van der Waals surface area contributed by atoms with Gasteiger partial charge in [0, 0.05) is 17.2 Å². The molecule has 3 heterocycles. The Bertz CT molecular complexity index is 1470. The van der Waals surface area contributed by atoms with Gasteiger partial charge in [0.2, 0.25) is 5.91 Å². The average molecular weight is 463 g/mol. The maximum Gasteiger partial charge on any atom is 0.265 e. The Morgan fingerprint density at radius 2 is 2.12 bits per heavy atom. The maximum atomic E-state index is 13.2. The number of benzene rings is 2. The summed E-state index contributed by atoms with van der Waals surface area (Å²) in [6.45, 7) is 0. The summed E-state index contributed by atoms with van der Waals surface area (Å²) in [5.74, 6) is 0.278. The van der Waals surface area contributed by atoms with E-state index in [-0.39, 0.29) is 23.9 Å². The van der Waals surface area contributed by atoms with Gasteiger partial charge in [-0.3, -0.25) is 14.2 Å². The first kappa shape index (κ1) is 20.3. The predicted octanol–water partition coefficient (Wildman–Crippen LogP) is 3.78. The molecule has 158 valence electrons. The SMILES string of the molecule is N#Cc1ccccc1NC(=O)CC1CSc2nc3c(cnn3-c3cccc(Cl)c3)c(=O)n21. The lowest BCUT2D eigenvalue weighted by Gasteiger charge is -2.14. The van der Waals surface area contributed by atoms with E-state index in [2.05, 4.69) is 21.5 Å². The van der Waals surface area contributed by atoms with E-state index in [0.29, 0.717) is 43.9 Å². The van der Waals surface area contributed by atoms with Gasteiger partial charge in [0.05, 0.1) is 29.2 Å². The number of para-hydroxylation sites is 1. The smallest absolute Gasteiger partial charge is 0.265 e. The maximum absolute atomic E-state index is 13.2. The number of hydrogen-bond donors (Lipinski definition) is 1. The molecule has 10 heteroatoms. The zero-order valence-electron chi connectivity index (χ0n) is 16.5. The highest BCUT2D eigenvalue weighted by molar-refractivity contribution is 7.99. The van der Waals surface area contributed by atoms with E-state index >= 15 is 0 Å². The summed E-state index contributed by atoms with van der Waals surface area (Å²) in [5, 5.41) is 17.8. The first-order valence-corrected chi connectivity index (χ1v) is 11.1. The Morgan fingerprint density at radius 3 is 2.94 bits per heavy atom. The fourth-order valence-electron chi connectivity index (χ4n) is 3.68. The highest BCUT2D eigenvalue weighted by Gasteiger charge is 2.29. The second kappa shape index (κ2) is 8.15. The third-order valence-corrected chi connectivity index (χ3v) is 6.50. The van der Waals surface area contributed by atoms with Gasteiger partial charge >= 0.3 is 0 Å². The number of rotatable bonds is 4. The Morgan fingerprint density at radius 1 is 1.28 bits per heavy atom. The second-order valence-corrected chi connectivity index (χ2v) is 8.64. The summed E-state index contributed by atoms with van der Waals surface area (Å²) in [4.78, 5) is 30.5. The molecule has 32 heavy (non-hydrogen) atoms. The number of hydrogen-bond acceptors (Lipinski definition) is 6. The van der Waals surface area contributed by atoms with Crippen LogP contribution in [-0.2, 0) is 4.79 Å². The molecule has 1 unspecified atom stereocenters. The van der Waals surface area contributed by atoms with E-state index in [1.807, 2.05) is 6.07 Å². The van der Waals surface area contributed by atoms with Gasteiger partial charge in [0.15, 0.2) is 10.8 Å². The Labute approximate surface area is 191 Å². The number of aromatic nitrogens is 4. The molecule has 2 aromatic heterocycles. The third-order valence-electron chi connectivity index (χ3n) is 5.17. The molecule has 4 aromatic rings. The van der Waals surface area contributed by atoms with Crippen LogP contribution < -0.4 is 10.9 Å². The van der Waals surface area contributed by atoms with Crippen molar-refractivity contribution in [2.24, 2.45) is 0 Å². The first-order valence-electron chi connectivity index (χ1n) is 9.73. The van der Waals surface area contributed by atoms with Crippen LogP contribution in [0.2, 0.25) is 5.02 Å². The summed E-state index contributed by atoms with van der Waals surface area (Å²) in [5.41, 5.74) is 1.76. The van der Waals surface area contributed by atoms with Gasteiger partial charge in [0.1, 0.15) is 11.5 Å². The first-order chi connectivity index (χ1) is 15.5. The van der Waals surface area contributed by atoms with Crippen LogP contribution >= 0.6 is 23.4 Å². The van der Waals surface area contributed by atoms with Crippen LogP contribution in [0.25, 0.3) is 16.7 Å². The molecule has 0 radical (unpaired) electrons. The number of nitrogens with zero attached hydrogens (tertiary/aromatic N) is 5. The lowest BCUT2D eigenvalue weighted by atomic mass is 10.1. The number of nitrogens with one attached hydrogen (secondary N) is 1. The van der Waals surface area contributed by atoms with Crippen LogP contribution in [0.1, 0.15) is 18.0 Å². The zero-order valence-corrected chi connectivity index (χ0v) is 18.1. The Balaban J connectivity index is 1.45. The van der Waals surface area contributed by atoms with Crippen molar-refractivity contribution in [3.8, 4) is 11.8 Å². The molecule has 8 nitrogen and oxygen atoms in total. The molecule has 0 saturated heterocycles. The summed E-state index contributed by atoms with van der Waals surface area (Å²) >= 11 is 7.52. The highest BCUT2D eigenvalue weighted by Crippen LogP contribution is 2.33. The molecule has 1 atom stereocenters. The molecule has 0 aliphatic carbocycles. The van der Waals surface area contributed by atoms with Gasteiger partial charge < -0.3 is 5.32 Å². The van der Waals surface area contributed by atoms with Crippen molar-refractivity contribution in [2.45, 2.75) is 17.6 Å². The van der Waals surface area contributed by atoms with Crippen molar-refractivity contribution < 1.29 is 4.79 Å². The van der Waals surface area contributed by atoms with Crippen molar-refractivity contribution in [3.63, 3.8) is 0 Å². The Kier molecular flexibility index (Phi) is 5.17. The Hall–Kier alpha value is -3.61. The molecular formula is C22H15ClN6O2S. The van der Waals surface area contributed by atoms with Crippen molar-refractivity contribution in [3.05, 3.63) is 75.7 Å². The fraction of sp³-hybridized carbons (Fsp3) is 0.136. The van der Waals surface area contributed by atoms with Crippen molar-refractivity contribution in [2.75, 3.05) is 11.1 Å². The van der Waals surface area contributed by atoms with Crippen LogP contribution in [-0.4, -0.2) is 31.0 Å². The predicted molar refractivity (Wildman–Crippen MR) is 122 cm³/mol. The van der Waals surface area contributed by atoms with Gasteiger partial charge in [-0.15, -0.1) is 0 Å². The highest BCUT2D eigenvalue weighted by atomic mass is 35.5. The monoisotopic (exact) mass is 462 g/mol. The van der Waals surface area contributed by atoms with Crippen LogP contribution in [0.15, 0.2) is 64.7 Å². The largest absolute Gasteiger partial charge is 0.325 e. The van der Waals surface area contributed by atoms with Gasteiger partial charge in [-0.2, -0.15) is 10.4 Å². The van der Waals surface area contributed by atoms with E-state index in [1.165, 1.54) is 18.0 Å². The lowest BCUT2D eigenvalue weighted by molar-refractivity contribution is -0.116. The number of nitriles is 1. The molecule has 1 N–H and O–H groups in total. The van der Waals surface area contributed by atoms with E-state index in [0.717, 1.165) is 0 Å². The number of carbonyl (C=O) groups is 1. The summed E-state index contributed by atoms with van der Waals surface area (Å²) in [6.07, 6.45) is 1.58. The number of carbonyl (C=O) groups excluding carboxylic acids is 1. The number of anilines is 1. The molecule has 0 spiro atoms. The van der Waals surface area contributed by atoms with Crippen LogP contribution in [0.4, 0.5) is 5.69 Å². The van der Waals surface area contributed by atoms with Gasteiger partial charge in [-0.25, -0.2) is 9.67 Å². The van der Waals surface area contributed by atoms with Crippen molar-refractivity contribution >= 4 is 46.0 Å². The molecule has 1 aliphatic rings. The zero-order chi connectivity index (χ0) is 22.2. The molecule has 0 fully saturated rings. The number of halogens is 1. The second-order valence-electron chi connectivity index (χ2n) is 7.22. The minimum Gasteiger partial charge on any atom is -0.325 e. The molecule has 1 aliphatic heterocycles. The van der Waals surface area contributed by atoms with Gasteiger partial charge in [-0.1, -0.05) is 41.6 Å². The van der Waals surface area contributed by atoms with E-state index < -0.39 is 0 Å². The molecule has 1 amide bonds. The van der Waals surface area contributed by atoms with Gasteiger partial charge in [-0.05, 0) is 30.3 Å². The number of amides is 1. The average Bonchev–Trinajstić information content (AvgIpc) is 3.39. The molecular weight excluding hydrogens is 448 g/mol. The fourth-order valence-corrected chi connectivity index (χ4v) is 5.00. The quantitative estimate of drug-likeness (QED) is 0.462. The molecule has 0 bridgehead atoms. The number of thioether (sulfide) groups is 1. The summed E-state index contributed by atoms with van der Waals surface area (Å²) in [6, 6.07) is 15.7. The standard InChI is InChI=1S/C22H15ClN6O2S/c23-14-5-3-6-15(8-14)29-20-17(11-25-29)21(31)28-16(12-32-22(28)27-20)9-19(30)26-18-7-2-1-4-13(18)10-24/h1-8,11,16H,9,12H2,(H,26,30). The molecule has 0 saturated carbocycles. The van der Waals surface area contributed by atoms with Crippen LogP contribution in [0.5, 0.6) is 0 Å². The van der Waals surface area contributed by atoms with Crippen molar-refractivity contribution in [1.82, 2.24) is 19.3 Å². The van der Waals surface area contributed by atoms with Crippen molar-refractivity contribution in [1.29, 1.82) is 5.26 Å². The molecule has 5 rings (SSSR count). The van der Waals surface area contributed by atoms with E-state index in [9.17, 15) is 14.9 Å². The van der Waals surface area contributed by atoms with Crippen LogP contribution in [0.3, 0.4) is 0 Å². The third kappa shape index (κ3) is 3.53. The minimum absolute atomic E-state index is 0.0925. The van der Waals surface area contributed by atoms with Gasteiger partial charge in [0.25, 0.3) is 5.56 Å². The summed E-state index contributed by atoms with van der Waals surface area (Å²) < 4.78 is 3.15. The topological polar surface area (TPSA) is 106 Å². The normalized spacial score (nSPS) is 14.8. The number of fused-ring (bicyclic) bond motifs is 2. The van der Waals surface area contributed by atoms with E-state index in [1.54, 1.807) is 51.7 Å². The molecule has 2 aromatic carbocycles. The minimum atomic E-state index is -0.344. The lowest BCUT2D eigenvalue weighted by Crippen LogP contribution is -2.27. The summed E-state index contributed by atoms with van der Waals surface area (Å²) in [7, 11) is 0.